The zero-order chi connectivity index (χ0) is 13.5. The third-order valence-electron chi connectivity index (χ3n) is 2.20. The van der Waals surface area contributed by atoms with Crippen molar-refractivity contribution >= 4 is 11.9 Å². The zero-order valence-corrected chi connectivity index (χ0v) is 9.38. The van der Waals surface area contributed by atoms with E-state index in [0.717, 1.165) is 0 Å². The molecular formula is C13H10N2O3. The number of nitriles is 1. The van der Waals surface area contributed by atoms with Crippen molar-refractivity contribution in [3.63, 3.8) is 0 Å². The Hall–Kier alpha value is -2.79. The molecule has 0 spiro atoms. The molecule has 1 aromatic rings. The Morgan fingerprint density at radius 1 is 1.39 bits per heavy atom. The summed E-state index contributed by atoms with van der Waals surface area (Å²) in [6.07, 6.45) is 4.93. The summed E-state index contributed by atoms with van der Waals surface area (Å²) in [5, 5.41) is 19.7. The van der Waals surface area contributed by atoms with Crippen LogP contribution in [0.3, 0.4) is 0 Å². The van der Waals surface area contributed by atoms with E-state index in [-0.39, 0.29) is 12.0 Å². The summed E-state index contributed by atoms with van der Waals surface area (Å²) >= 11 is 0. The highest BCUT2D eigenvalue weighted by molar-refractivity contribution is 5.96. The van der Waals surface area contributed by atoms with Gasteiger partial charge in [0.15, 0.2) is 0 Å². The van der Waals surface area contributed by atoms with Gasteiger partial charge in [-0.15, -0.1) is 12.3 Å². The topological polar surface area (TPSA) is 90.2 Å². The molecule has 0 unspecified atom stereocenters. The van der Waals surface area contributed by atoms with Crippen molar-refractivity contribution in [2.45, 2.75) is 12.5 Å². The number of rotatable bonds is 4. The van der Waals surface area contributed by atoms with Gasteiger partial charge in [0.1, 0.15) is 6.04 Å². The zero-order valence-electron chi connectivity index (χ0n) is 9.38. The summed E-state index contributed by atoms with van der Waals surface area (Å²) in [6.45, 7) is 0. The fraction of sp³-hybridized carbons (Fsp3) is 0.154. The Morgan fingerprint density at radius 2 is 2.00 bits per heavy atom. The minimum atomic E-state index is -1.19. The number of hydrogen-bond donors (Lipinski definition) is 2. The van der Waals surface area contributed by atoms with Crippen LogP contribution in [-0.2, 0) is 4.79 Å². The number of nitrogens with one attached hydrogen (secondary N) is 1. The van der Waals surface area contributed by atoms with Crippen LogP contribution in [0.1, 0.15) is 22.3 Å². The van der Waals surface area contributed by atoms with E-state index in [1.807, 2.05) is 6.07 Å². The van der Waals surface area contributed by atoms with Gasteiger partial charge in [-0.25, -0.2) is 4.79 Å². The van der Waals surface area contributed by atoms with Crippen molar-refractivity contribution in [2.75, 3.05) is 0 Å². The predicted octanol–water partition coefficient (Wildman–Crippen LogP) is 0.765. The lowest BCUT2D eigenvalue weighted by Crippen LogP contribution is -2.40. The summed E-state index contributed by atoms with van der Waals surface area (Å²) < 4.78 is 0. The van der Waals surface area contributed by atoms with Gasteiger partial charge in [-0.05, 0) is 24.3 Å². The minimum Gasteiger partial charge on any atom is -0.480 e. The maximum atomic E-state index is 11.7. The molecule has 18 heavy (non-hydrogen) atoms. The number of amides is 1. The molecule has 90 valence electrons. The highest BCUT2D eigenvalue weighted by Crippen LogP contribution is 2.04. The van der Waals surface area contributed by atoms with Crippen LogP contribution < -0.4 is 5.32 Å². The van der Waals surface area contributed by atoms with Gasteiger partial charge >= 0.3 is 5.97 Å². The lowest BCUT2D eigenvalue weighted by Gasteiger charge is -2.11. The summed E-state index contributed by atoms with van der Waals surface area (Å²) in [6, 6.07) is 6.66. The first-order valence-electron chi connectivity index (χ1n) is 5.05. The number of carboxylic acids is 1. The van der Waals surface area contributed by atoms with Crippen LogP contribution in [0.15, 0.2) is 24.3 Å². The summed E-state index contributed by atoms with van der Waals surface area (Å²) in [7, 11) is 0. The van der Waals surface area contributed by atoms with Crippen molar-refractivity contribution in [3.05, 3.63) is 35.4 Å². The number of nitrogens with zero attached hydrogens (tertiary/aromatic N) is 1. The smallest absolute Gasteiger partial charge is 0.327 e. The SMILES string of the molecule is C#CC[C@H](NC(=O)c1ccc(C#N)cc1)C(=O)O. The Morgan fingerprint density at radius 3 is 2.44 bits per heavy atom. The number of carboxylic acid groups (broad SMARTS) is 1. The third-order valence-corrected chi connectivity index (χ3v) is 2.20. The molecule has 5 heteroatoms. The molecule has 0 aliphatic rings. The highest BCUT2D eigenvalue weighted by atomic mass is 16.4. The lowest BCUT2D eigenvalue weighted by molar-refractivity contribution is -0.139. The van der Waals surface area contributed by atoms with E-state index >= 15 is 0 Å². The van der Waals surface area contributed by atoms with Gasteiger partial charge in [0, 0.05) is 12.0 Å². The lowest BCUT2D eigenvalue weighted by atomic mass is 10.1. The van der Waals surface area contributed by atoms with Crippen molar-refractivity contribution in [1.82, 2.24) is 5.32 Å². The van der Waals surface area contributed by atoms with Crippen LogP contribution in [0.4, 0.5) is 0 Å². The number of carbonyl (C=O) groups is 2. The monoisotopic (exact) mass is 242 g/mol. The molecule has 0 bridgehead atoms. The van der Waals surface area contributed by atoms with Gasteiger partial charge in [-0.2, -0.15) is 5.26 Å². The fourth-order valence-electron chi connectivity index (χ4n) is 1.26. The van der Waals surface area contributed by atoms with Gasteiger partial charge in [-0.1, -0.05) is 0 Å². The van der Waals surface area contributed by atoms with E-state index in [0.29, 0.717) is 5.56 Å². The molecule has 0 saturated carbocycles. The molecule has 5 nitrogen and oxygen atoms in total. The molecule has 1 amide bonds. The second-order valence-corrected chi connectivity index (χ2v) is 3.46. The number of aliphatic carboxylic acids is 1. The van der Waals surface area contributed by atoms with Crippen LogP contribution in [0.25, 0.3) is 0 Å². The molecule has 0 heterocycles. The van der Waals surface area contributed by atoms with Crippen molar-refractivity contribution in [1.29, 1.82) is 5.26 Å². The van der Waals surface area contributed by atoms with Crippen molar-refractivity contribution in [3.8, 4) is 18.4 Å². The fourth-order valence-corrected chi connectivity index (χ4v) is 1.26. The molecule has 1 rings (SSSR count). The summed E-state index contributed by atoms with van der Waals surface area (Å²) in [5.74, 6) is 0.461. The van der Waals surface area contributed by atoms with Crippen LogP contribution >= 0.6 is 0 Å². The average molecular weight is 242 g/mol. The normalized spacial score (nSPS) is 10.8. The number of carbonyl (C=O) groups excluding carboxylic acids is 1. The van der Waals surface area contributed by atoms with E-state index in [1.165, 1.54) is 24.3 Å². The molecule has 0 saturated heterocycles. The van der Waals surface area contributed by atoms with E-state index in [1.54, 1.807) is 0 Å². The van der Waals surface area contributed by atoms with Crippen LogP contribution in [0, 0.1) is 23.7 Å². The number of hydrogen-bond acceptors (Lipinski definition) is 3. The molecule has 0 aromatic heterocycles. The third kappa shape index (κ3) is 3.36. The Bertz CT molecular complexity index is 535. The molecule has 0 fully saturated rings. The molecular weight excluding hydrogens is 232 g/mol. The van der Waals surface area contributed by atoms with Crippen molar-refractivity contribution < 1.29 is 14.7 Å². The van der Waals surface area contributed by atoms with E-state index < -0.39 is 17.9 Å². The summed E-state index contributed by atoms with van der Waals surface area (Å²) in [5.41, 5.74) is 0.697. The molecule has 1 atom stereocenters. The van der Waals surface area contributed by atoms with Crippen LogP contribution in [0.5, 0.6) is 0 Å². The number of terminal acetylenes is 1. The van der Waals surface area contributed by atoms with Crippen LogP contribution in [-0.4, -0.2) is 23.0 Å². The van der Waals surface area contributed by atoms with Crippen molar-refractivity contribution in [2.24, 2.45) is 0 Å². The Kier molecular flexibility index (Phi) is 4.48. The molecule has 2 N–H and O–H groups in total. The maximum Gasteiger partial charge on any atom is 0.327 e. The average Bonchev–Trinajstić information content (AvgIpc) is 2.38. The van der Waals surface area contributed by atoms with Gasteiger partial charge in [0.05, 0.1) is 11.6 Å². The first kappa shape index (κ1) is 13.3. The maximum absolute atomic E-state index is 11.7. The Balaban J connectivity index is 2.78. The molecule has 0 aliphatic heterocycles. The molecule has 0 radical (unpaired) electrons. The quantitative estimate of drug-likeness (QED) is 0.763. The Labute approximate surface area is 104 Å². The first-order chi connectivity index (χ1) is 8.58. The second kappa shape index (κ2) is 6.07. The second-order valence-electron chi connectivity index (χ2n) is 3.46. The molecule has 0 aliphatic carbocycles. The summed E-state index contributed by atoms with van der Waals surface area (Å²) in [4.78, 5) is 22.5. The predicted molar refractivity (Wildman–Crippen MR) is 63.5 cm³/mol. The number of benzene rings is 1. The van der Waals surface area contributed by atoms with Gasteiger partial charge in [0.25, 0.3) is 5.91 Å². The van der Waals surface area contributed by atoms with E-state index in [9.17, 15) is 9.59 Å². The van der Waals surface area contributed by atoms with Gasteiger partial charge in [0.2, 0.25) is 0 Å². The minimum absolute atomic E-state index is 0.0860. The van der Waals surface area contributed by atoms with E-state index in [2.05, 4.69) is 11.2 Å². The van der Waals surface area contributed by atoms with Crippen LogP contribution in [0.2, 0.25) is 0 Å². The standard InChI is InChI=1S/C13H10N2O3/c1-2-3-11(13(17)18)15-12(16)10-6-4-9(8-14)5-7-10/h1,4-7,11H,3H2,(H,15,16)(H,17,18)/t11-/m0/s1. The van der Waals surface area contributed by atoms with Gasteiger partial charge in [-0.3, -0.25) is 4.79 Å². The van der Waals surface area contributed by atoms with Gasteiger partial charge < -0.3 is 10.4 Å². The largest absolute Gasteiger partial charge is 0.480 e. The first-order valence-corrected chi connectivity index (χ1v) is 5.05. The van der Waals surface area contributed by atoms with E-state index in [4.69, 9.17) is 16.8 Å². The molecule has 1 aromatic carbocycles. The highest BCUT2D eigenvalue weighted by Gasteiger charge is 2.19.